The SMILES string of the molecule is CCCS(=O)(=O)Nc1nc(-c2cc(C(C)=O)n(Cc3ccccc3F)n2)ncc1F. The highest BCUT2D eigenvalue weighted by atomic mass is 32.2. The van der Waals surface area contributed by atoms with Crippen LogP contribution in [0.2, 0.25) is 0 Å². The molecule has 8 nitrogen and oxygen atoms in total. The van der Waals surface area contributed by atoms with Crippen molar-refractivity contribution < 1.29 is 22.0 Å². The lowest BCUT2D eigenvalue weighted by molar-refractivity contribution is 0.100. The number of hydrogen-bond donors (Lipinski definition) is 1. The first-order valence-electron chi connectivity index (χ1n) is 9.05. The molecule has 0 radical (unpaired) electrons. The molecule has 1 aromatic carbocycles. The number of aromatic nitrogens is 4. The molecule has 158 valence electrons. The average Bonchev–Trinajstić information content (AvgIpc) is 3.09. The fourth-order valence-electron chi connectivity index (χ4n) is 2.75. The van der Waals surface area contributed by atoms with Crippen molar-refractivity contribution in [1.82, 2.24) is 19.7 Å². The molecule has 0 aliphatic heterocycles. The van der Waals surface area contributed by atoms with Crippen molar-refractivity contribution in [3.8, 4) is 11.5 Å². The van der Waals surface area contributed by atoms with Crippen molar-refractivity contribution in [3.05, 3.63) is 59.4 Å². The van der Waals surface area contributed by atoms with E-state index in [0.717, 1.165) is 6.20 Å². The number of ketones is 1. The highest BCUT2D eigenvalue weighted by molar-refractivity contribution is 7.92. The second-order valence-electron chi connectivity index (χ2n) is 6.53. The number of nitrogens with one attached hydrogen (secondary N) is 1. The lowest BCUT2D eigenvalue weighted by Gasteiger charge is -2.08. The van der Waals surface area contributed by atoms with Gasteiger partial charge in [-0.2, -0.15) is 5.10 Å². The summed E-state index contributed by atoms with van der Waals surface area (Å²) in [6, 6.07) is 7.46. The average molecular weight is 435 g/mol. The first-order valence-corrected chi connectivity index (χ1v) is 10.7. The van der Waals surface area contributed by atoms with E-state index in [0.29, 0.717) is 12.0 Å². The summed E-state index contributed by atoms with van der Waals surface area (Å²) in [6.45, 7) is 2.99. The number of nitrogens with zero attached hydrogens (tertiary/aromatic N) is 4. The summed E-state index contributed by atoms with van der Waals surface area (Å²) in [4.78, 5) is 19.8. The first kappa shape index (κ1) is 21.5. The van der Waals surface area contributed by atoms with Gasteiger partial charge in [-0.05, 0) is 18.6 Å². The number of hydrogen-bond acceptors (Lipinski definition) is 6. The summed E-state index contributed by atoms with van der Waals surface area (Å²) < 4.78 is 55.3. The van der Waals surface area contributed by atoms with E-state index in [1.54, 1.807) is 25.1 Å². The molecule has 3 aromatic rings. The zero-order valence-electron chi connectivity index (χ0n) is 16.3. The van der Waals surface area contributed by atoms with Crippen LogP contribution in [0, 0.1) is 11.6 Å². The van der Waals surface area contributed by atoms with Gasteiger partial charge in [0.05, 0.1) is 18.5 Å². The molecule has 0 saturated heterocycles. The molecule has 0 spiro atoms. The van der Waals surface area contributed by atoms with Gasteiger partial charge in [-0.1, -0.05) is 25.1 Å². The Kier molecular flexibility index (Phi) is 6.20. The normalized spacial score (nSPS) is 11.5. The van der Waals surface area contributed by atoms with Gasteiger partial charge in [-0.25, -0.2) is 27.2 Å². The number of anilines is 1. The number of sulfonamides is 1. The van der Waals surface area contributed by atoms with Crippen LogP contribution < -0.4 is 4.72 Å². The second kappa shape index (κ2) is 8.66. The third-order valence-electron chi connectivity index (χ3n) is 4.12. The van der Waals surface area contributed by atoms with Crippen molar-refractivity contribution in [1.29, 1.82) is 0 Å². The van der Waals surface area contributed by atoms with Gasteiger partial charge in [0.25, 0.3) is 0 Å². The van der Waals surface area contributed by atoms with Crippen molar-refractivity contribution in [2.75, 3.05) is 10.5 Å². The van der Waals surface area contributed by atoms with Gasteiger partial charge in [0.2, 0.25) is 10.0 Å². The molecule has 0 amide bonds. The Hall–Kier alpha value is -3.21. The lowest BCUT2D eigenvalue weighted by atomic mass is 10.2. The lowest BCUT2D eigenvalue weighted by Crippen LogP contribution is -2.18. The van der Waals surface area contributed by atoms with Gasteiger partial charge >= 0.3 is 0 Å². The van der Waals surface area contributed by atoms with Crippen molar-refractivity contribution in [3.63, 3.8) is 0 Å². The monoisotopic (exact) mass is 435 g/mol. The first-order chi connectivity index (χ1) is 14.2. The minimum absolute atomic E-state index is 0.0151. The molecular formula is C19H19F2N5O3S. The highest BCUT2D eigenvalue weighted by Crippen LogP contribution is 2.21. The minimum Gasteiger partial charge on any atom is -0.293 e. The van der Waals surface area contributed by atoms with Crippen LogP contribution in [0.15, 0.2) is 36.5 Å². The number of halogens is 2. The summed E-state index contributed by atoms with van der Waals surface area (Å²) in [5.74, 6) is -2.51. The largest absolute Gasteiger partial charge is 0.293 e. The third-order valence-corrected chi connectivity index (χ3v) is 5.57. The molecule has 0 saturated carbocycles. The standard InChI is InChI=1S/C19H19F2N5O3S/c1-3-8-30(28,29)25-18-15(21)10-22-19(23-18)16-9-17(12(2)27)26(24-16)11-13-6-4-5-7-14(13)20/h4-7,9-10H,3,8,11H2,1-2H3,(H,22,23,25). The predicted molar refractivity (Wildman–Crippen MR) is 106 cm³/mol. The molecule has 0 aliphatic rings. The summed E-state index contributed by atoms with van der Waals surface area (Å²) in [5.41, 5.74) is 0.615. The maximum Gasteiger partial charge on any atom is 0.233 e. The van der Waals surface area contributed by atoms with Gasteiger partial charge in [-0.3, -0.25) is 14.2 Å². The Balaban J connectivity index is 1.99. The zero-order chi connectivity index (χ0) is 21.9. The molecule has 2 heterocycles. The van der Waals surface area contributed by atoms with Crippen molar-refractivity contribution >= 4 is 21.6 Å². The van der Waals surface area contributed by atoms with Crippen LogP contribution in [-0.4, -0.2) is 39.7 Å². The predicted octanol–water partition coefficient (Wildman–Crippen LogP) is 3.02. The van der Waals surface area contributed by atoms with Gasteiger partial charge in [-0.15, -0.1) is 0 Å². The molecule has 3 rings (SSSR count). The molecular weight excluding hydrogens is 416 g/mol. The van der Waals surface area contributed by atoms with Crippen LogP contribution >= 0.6 is 0 Å². The van der Waals surface area contributed by atoms with E-state index in [-0.39, 0.29) is 35.3 Å². The summed E-state index contributed by atoms with van der Waals surface area (Å²) >= 11 is 0. The fourth-order valence-corrected chi connectivity index (χ4v) is 3.82. The third kappa shape index (κ3) is 4.85. The van der Waals surface area contributed by atoms with E-state index in [1.165, 1.54) is 23.7 Å². The molecule has 0 bridgehead atoms. The molecule has 2 aromatic heterocycles. The maximum atomic E-state index is 14.0. The molecule has 0 unspecified atom stereocenters. The van der Waals surface area contributed by atoms with Crippen LogP contribution in [0.4, 0.5) is 14.6 Å². The Morgan fingerprint density at radius 1 is 1.20 bits per heavy atom. The Labute approximate surface area is 172 Å². The van der Waals surface area contributed by atoms with E-state index in [9.17, 15) is 22.0 Å². The molecule has 30 heavy (non-hydrogen) atoms. The molecule has 0 aliphatic carbocycles. The number of rotatable bonds is 8. The van der Waals surface area contributed by atoms with Gasteiger partial charge in [0, 0.05) is 12.5 Å². The second-order valence-corrected chi connectivity index (χ2v) is 8.37. The van der Waals surface area contributed by atoms with E-state index >= 15 is 0 Å². The zero-order valence-corrected chi connectivity index (χ0v) is 17.1. The molecule has 11 heteroatoms. The highest BCUT2D eigenvalue weighted by Gasteiger charge is 2.19. The van der Waals surface area contributed by atoms with Crippen LogP contribution in [-0.2, 0) is 16.6 Å². The summed E-state index contributed by atoms with van der Waals surface area (Å²) in [6.07, 6.45) is 1.16. The van der Waals surface area contributed by atoms with Crippen molar-refractivity contribution in [2.45, 2.75) is 26.8 Å². The summed E-state index contributed by atoms with van der Waals surface area (Å²) in [5, 5.41) is 4.25. The number of Topliss-reactive ketones (excluding diaryl/α,β-unsaturated/α-hetero) is 1. The maximum absolute atomic E-state index is 14.0. The van der Waals surface area contributed by atoms with Crippen LogP contribution in [0.25, 0.3) is 11.5 Å². The fraction of sp³-hybridized carbons (Fsp3) is 0.263. The van der Waals surface area contributed by atoms with Crippen LogP contribution in [0.5, 0.6) is 0 Å². The number of benzene rings is 1. The van der Waals surface area contributed by atoms with Crippen LogP contribution in [0.1, 0.15) is 36.3 Å². The molecule has 0 atom stereocenters. The molecule has 0 fully saturated rings. The smallest absolute Gasteiger partial charge is 0.233 e. The molecule has 1 N–H and O–H groups in total. The Morgan fingerprint density at radius 2 is 1.93 bits per heavy atom. The Bertz CT molecular complexity index is 1190. The summed E-state index contributed by atoms with van der Waals surface area (Å²) in [7, 11) is -3.77. The van der Waals surface area contributed by atoms with Gasteiger partial charge in [0.15, 0.2) is 23.2 Å². The van der Waals surface area contributed by atoms with Gasteiger partial charge in [0.1, 0.15) is 17.2 Å². The van der Waals surface area contributed by atoms with E-state index in [4.69, 9.17) is 0 Å². The quantitative estimate of drug-likeness (QED) is 0.545. The minimum atomic E-state index is -3.77. The Morgan fingerprint density at radius 3 is 2.60 bits per heavy atom. The van der Waals surface area contributed by atoms with E-state index in [2.05, 4.69) is 19.8 Å². The number of carbonyl (C=O) groups excluding carboxylic acids is 1. The number of carbonyl (C=O) groups is 1. The topological polar surface area (TPSA) is 107 Å². The van der Waals surface area contributed by atoms with Gasteiger partial charge < -0.3 is 0 Å². The van der Waals surface area contributed by atoms with Crippen molar-refractivity contribution in [2.24, 2.45) is 0 Å². The van der Waals surface area contributed by atoms with E-state index < -0.39 is 27.5 Å². The van der Waals surface area contributed by atoms with E-state index in [1.807, 2.05) is 0 Å². The van der Waals surface area contributed by atoms with Crippen LogP contribution in [0.3, 0.4) is 0 Å².